The maximum absolute atomic E-state index is 12.4. The van der Waals surface area contributed by atoms with Crippen LogP contribution in [0.1, 0.15) is 40.5 Å². The summed E-state index contributed by atoms with van der Waals surface area (Å²) in [6.07, 6.45) is 1.37. The molecule has 1 unspecified atom stereocenters. The molecule has 5 heteroatoms. The highest BCUT2D eigenvalue weighted by molar-refractivity contribution is 5.85. The lowest BCUT2D eigenvalue weighted by Gasteiger charge is -2.29. The first-order valence-electron chi connectivity index (χ1n) is 7.55. The first kappa shape index (κ1) is 17.0. The van der Waals surface area contributed by atoms with E-state index >= 15 is 0 Å². The summed E-state index contributed by atoms with van der Waals surface area (Å²) < 4.78 is 0. The van der Waals surface area contributed by atoms with Crippen LogP contribution in [0.15, 0.2) is 0 Å². The van der Waals surface area contributed by atoms with E-state index < -0.39 is 12.0 Å². The lowest BCUT2D eigenvalue weighted by atomic mass is 10.1. The summed E-state index contributed by atoms with van der Waals surface area (Å²) in [5.74, 6) is 0.0668. The minimum absolute atomic E-state index is 0.0452. The van der Waals surface area contributed by atoms with E-state index in [2.05, 4.69) is 32.6 Å². The van der Waals surface area contributed by atoms with Crippen molar-refractivity contribution in [3.05, 3.63) is 0 Å². The van der Waals surface area contributed by atoms with Crippen LogP contribution in [-0.4, -0.2) is 59.0 Å². The minimum atomic E-state index is -0.880. The Balaban J connectivity index is 2.62. The van der Waals surface area contributed by atoms with Gasteiger partial charge in [-0.05, 0) is 24.7 Å². The van der Waals surface area contributed by atoms with Crippen LogP contribution < -0.4 is 0 Å². The first-order valence-corrected chi connectivity index (χ1v) is 7.55. The van der Waals surface area contributed by atoms with Crippen LogP contribution in [0, 0.1) is 11.8 Å². The molecule has 1 saturated heterocycles. The molecule has 1 aliphatic rings. The molecule has 0 aromatic heterocycles. The first-order chi connectivity index (χ1) is 9.31. The molecule has 0 aromatic carbocycles. The summed E-state index contributed by atoms with van der Waals surface area (Å²) in [5.41, 5.74) is 0. The highest BCUT2D eigenvalue weighted by Gasteiger charge is 2.34. The van der Waals surface area contributed by atoms with Gasteiger partial charge in [0.15, 0.2) is 0 Å². The van der Waals surface area contributed by atoms with Crippen LogP contribution >= 0.6 is 0 Å². The second-order valence-electron chi connectivity index (χ2n) is 6.57. The largest absolute Gasteiger partial charge is 0.480 e. The van der Waals surface area contributed by atoms with E-state index in [1.54, 1.807) is 0 Å². The van der Waals surface area contributed by atoms with E-state index in [4.69, 9.17) is 5.11 Å². The number of rotatable bonds is 7. The molecule has 1 N–H and O–H groups in total. The molecular weight excluding hydrogens is 256 g/mol. The average molecular weight is 284 g/mol. The van der Waals surface area contributed by atoms with E-state index in [0.717, 1.165) is 19.5 Å². The molecule has 0 saturated carbocycles. The van der Waals surface area contributed by atoms with Crippen molar-refractivity contribution in [3.63, 3.8) is 0 Å². The Kier molecular flexibility index (Phi) is 6.46. The van der Waals surface area contributed by atoms with E-state index in [-0.39, 0.29) is 5.91 Å². The molecular formula is C15H28N2O3. The smallest absolute Gasteiger partial charge is 0.326 e. The van der Waals surface area contributed by atoms with E-state index in [0.29, 0.717) is 31.3 Å². The fraction of sp³-hybridized carbons (Fsp3) is 0.867. The molecule has 0 aromatic rings. The van der Waals surface area contributed by atoms with Crippen LogP contribution in [0.5, 0.6) is 0 Å². The number of hydrogen-bond acceptors (Lipinski definition) is 3. The van der Waals surface area contributed by atoms with Gasteiger partial charge in [-0.3, -0.25) is 9.69 Å². The van der Waals surface area contributed by atoms with E-state index in [1.807, 2.05) is 0 Å². The van der Waals surface area contributed by atoms with Crippen LogP contribution in [0.4, 0.5) is 0 Å². The lowest BCUT2D eigenvalue weighted by Crippen LogP contribution is -2.46. The lowest BCUT2D eigenvalue weighted by molar-refractivity contribution is -0.148. The van der Waals surface area contributed by atoms with Crippen molar-refractivity contribution in [2.75, 3.05) is 26.2 Å². The van der Waals surface area contributed by atoms with E-state index in [1.165, 1.54) is 4.90 Å². The Morgan fingerprint density at radius 2 is 1.75 bits per heavy atom. The molecule has 1 amide bonds. The molecule has 0 radical (unpaired) electrons. The number of aliphatic carboxylic acids is 1. The van der Waals surface area contributed by atoms with Gasteiger partial charge >= 0.3 is 5.97 Å². The molecule has 20 heavy (non-hydrogen) atoms. The van der Waals surface area contributed by atoms with Crippen molar-refractivity contribution >= 4 is 11.9 Å². The normalized spacial score (nSPS) is 19.4. The number of carbonyl (C=O) groups is 2. The van der Waals surface area contributed by atoms with Gasteiger partial charge in [0.05, 0.1) is 6.54 Å². The summed E-state index contributed by atoms with van der Waals surface area (Å²) in [7, 11) is 0. The number of carboxylic acids is 1. The standard InChI is InChI=1S/C15H28N2O3/c1-11(2)8-16(9-12(3)4)10-14(18)17-7-5-6-13(17)15(19)20/h11-13H,5-10H2,1-4H3,(H,19,20). The quantitative estimate of drug-likeness (QED) is 0.772. The third kappa shape index (κ3) is 5.12. The number of carboxylic acid groups (broad SMARTS) is 1. The fourth-order valence-corrected chi connectivity index (χ4v) is 2.84. The van der Waals surface area contributed by atoms with Crippen molar-refractivity contribution in [1.82, 2.24) is 9.80 Å². The van der Waals surface area contributed by atoms with Gasteiger partial charge in [-0.15, -0.1) is 0 Å². The molecule has 116 valence electrons. The number of likely N-dealkylation sites (tertiary alicyclic amines) is 1. The van der Waals surface area contributed by atoms with Crippen LogP contribution in [0.25, 0.3) is 0 Å². The van der Waals surface area contributed by atoms with Crippen molar-refractivity contribution in [2.45, 2.75) is 46.6 Å². The van der Waals surface area contributed by atoms with Gasteiger partial charge in [0.2, 0.25) is 5.91 Å². The molecule has 1 heterocycles. The molecule has 0 aliphatic carbocycles. The number of amides is 1. The summed E-state index contributed by atoms with van der Waals surface area (Å²) in [5, 5.41) is 9.15. The topological polar surface area (TPSA) is 60.9 Å². The number of carbonyl (C=O) groups excluding carboxylic acids is 1. The summed E-state index contributed by atoms with van der Waals surface area (Å²) in [6.45, 7) is 11.2. The number of nitrogens with zero attached hydrogens (tertiary/aromatic N) is 2. The number of hydrogen-bond donors (Lipinski definition) is 1. The summed E-state index contributed by atoms with van der Waals surface area (Å²) in [6, 6.07) is -0.623. The van der Waals surface area contributed by atoms with Crippen LogP contribution in [0.3, 0.4) is 0 Å². The molecule has 1 aliphatic heterocycles. The Bertz CT molecular complexity index is 332. The molecule has 5 nitrogen and oxygen atoms in total. The van der Waals surface area contributed by atoms with Gasteiger partial charge < -0.3 is 10.0 Å². The molecule has 0 spiro atoms. The molecule has 0 bridgehead atoms. The van der Waals surface area contributed by atoms with Gasteiger partial charge in [0.1, 0.15) is 6.04 Å². The van der Waals surface area contributed by atoms with Crippen molar-refractivity contribution < 1.29 is 14.7 Å². The fourth-order valence-electron chi connectivity index (χ4n) is 2.84. The van der Waals surface area contributed by atoms with Crippen molar-refractivity contribution in [3.8, 4) is 0 Å². The molecule has 1 atom stereocenters. The zero-order valence-electron chi connectivity index (χ0n) is 13.1. The second kappa shape index (κ2) is 7.62. The highest BCUT2D eigenvalue weighted by atomic mass is 16.4. The van der Waals surface area contributed by atoms with Gasteiger partial charge in [0, 0.05) is 19.6 Å². The van der Waals surface area contributed by atoms with Gasteiger partial charge in [-0.1, -0.05) is 27.7 Å². The third-order valence-corrected chi connectivity index (χ3v) is 3.46. The second-order valence-corrected chi connectivity index (χ2v) is 6.57. The minimum Gasteiger partial charge on any atom is -0.480 e. The predicted molar refractivity (Wildman–Crippen MR) is 78.5 cm³/mol. The van der Waals surface area contributed by atoms with Gasteiger partial charge in [-0.2, -0.15) is 0 Å². The Morgan fingerprint density at radius 3 is 2.20 bits per heavy atom. The Labute approximate surface area is 121 Å². The zero-order valence-corrected chi connectivity index (χ0v) is 13.1. The van der Waals surface area contributed by atoms with Crippen molar-refractivity contribution in [1.29, 1.82) is 0 Å². The Hall–Kier alpha value is -1.10. The van der Waals surface area contributed by atoms with Gasteiger partial charge in [0.25, 0.3) is 0 Å². The summed E-state index contributed by atoms with van der Waals surface area (Å²) >= 11 is 0. The highest BCUT2D eigenvalue weighted by Crippen LogP contribution is 2.18. The van der Waals surface area contributed by atoms with Crippen LogP contribution in [-0.2, 0) is 9.59 Å². The maximum atomic E-state index is 12.4. The SMILES string of the molecule is CC(C)CN(CC(=O)N1CCCC1C(=O)O)CC(C)C. The molecule has 1 rings (SSSR count). The third-order valence-electron chi connectivity index (χ3n) is 3.46. The van der Waals surface area contributed by atoms with E-state index in [9.17, 15) is 9.59 Å². The molecule has 1 fully saturated rings. The predicted octanol–water partition coefficient (Wildman–Crippen LogP) is 1.68. The van der Waals surface area contributed by atoms with Gasteiger partial charge in [-0.25, -0.2) is 4.79 Å². The monoisotopic (exact) mass is 284 g/mol. The van der Waals surface area contributed by atoms with Crippen molar-refractivity contribution in [2.24, 2.45) is 11.8 Å². The Morgan fingerprint density at radius 1 is 1.20 bits per heavy atom. The average Bonchev–Trinajstić information content (AvgIpc) is 2.75. The zero-order chi connectivity index (χ0) is 15.3. The summed E-state index contributed by atoms with van der Waals surface area (Å²) in [4.78, 5) is 27.2. The van der Waals surface area contributed by atoms with Crippen LogP contribution in [0.2, 0.25) is 0 Å². The maximum Gasteiger partial charge on any atom is 0.326 e.